The second-order valence-electron chi connectivity index (χ2n) is 3.20. The van der Waals surface area contributed by atoms with Crippen LogP contribution in [0.25, 0.3) is 11.0 Å². The molecule has 14 heavy (non-hydrogen) atoms. The van der Waals surface area contributed by atoms with Crippen LogP contribution in [0.15, 0.2) is 18.6 Å². The fourth-order valence-electron chi connectivity index (χ4n) is 1.51. The number of nitrogens with two attached hydrogens (primary N) is 2. The van der Waals surface area contributed by atoms with Gasteiger partial charge in [0.1, 0.15) is 0 Å². The summed E-state index contributed by atoms with van der Waals surface area (Å²) in [6, 6.07) is 1.94. The second-order valence-corrected chi connectivity index (χ2v) is 3.20. The molecule has 5 N–H and O–H groups in total. The molecule has 0 aliphatic carbocycles. The average molecular weight is 192 g/mol. The topological polar surface area (TPSA) is 84.6 Å². The molecule has 0 saturated heterocycles. The summed E-state index contributed by atoms with van der Waals surface area (Å²) in [4.78, 5) is 7.11. The molecule has 2 heterocycles. The summed E-state index contributed by atoms with van der Waals surface area (Å²) in [7, 11) is 0. The van der Waals surface area contributed by atoms with Crippen LogP contribution in [0.1, 0.15) is 6.42 Å². The first-order valence-corrected chi connectivity index (χ1v) is 4.64. The van der Waals surface area contributed by atoms with Gasteiger partial charge in [-0.2, -0.15) is 0 Å². The quantitative estimate of drug-likeness (QED) is 0.588. The van der Waals surface area contributed by atoms with Gasteiger partial charge in [-0.05, 0) is 13.0 Å². The molecule has 0 fully saturated rings. The number of nitrogen functional groups attached to an aromatic ring is 1. The number of nitrogens with one attached hydrogen (secondary N) is 1. The van der Waals surface area contributed by atoms with Gasteiger partial charge in [0, 0.05) is 12.3 Å². The van der Waals surface area contributed by atoms with Crippen LogP contribution in [0, 0.1) is 0 Å². The van der Waals surface area contributed by atoms with E-state index in [0.717, 1.165) is 24.0 Å². The van der Waals surface area contributed by atoms with Crippen molar-refractivity contribution in [2.75, 3.05) is 12.3 Å². The summed E-state index contributed by atoms with van der Waals surface area (Å²) >= 11 is 0. The predicted octanol–water partition coefficient (Wildman–Crippen LogP) is -0.219. The number of imidazole rings is 1. The molecule has 5 heteroatoms. The highest BCUT2D eigenvalue weighted by atomic mass is 15.1. The predicted molar refractivity (Wildman–Crippen MR) is 54.4 cm³/mol. The van der Waals surface area contributed by atoms with Gasteiger partial charge in [-0.25, -0.2) is 14.5 Å². The zero-order valence-corrected chi connectivity index (χ0v) is 7.90. The molecule has 74 valence electrons. The van der Waals surface area contributed by atoms with Crippen molar-refractivity contribution in [2.24, 2.45) is 5.73 Å². The zero-order chi connectivity index (χ0) is 9.97. The van der Waals surface area contributed by atoms with Crippen molar-refractivity contribution in [3.05, 3.63) is 18.6 Å². The van der Waals surface area contributed by atoms with Gasteiger partial charge >= 0.3 is 0 Å². The van der Waals surface area contributed by atoms with Gasteiger partial charge in [0.2, 0.25) is 11.8 Å². The van der Waals surface area contributed by atoms with E-state index in [4.69, 9.17) is 11.5 Å². The highest BCUT2D eigenvalue weighted by Gasteiger charge is 2.11. The Kier molecular flexibility index (Phi) is 2.32. The summed E-state index contributed by atoms with van der Waals surface area (Å²) in [6.45, 7) is 1.60. The third-order valence-corrected chi connectivity index (χ3v) is 2.24. The summed E-state index contributed by atoms with van der Waals surface area (Å²) < 4.78 is 2.10. The molecule has 0 amide bonds. The van der Waals surface area contributed by atoms with Crippen molar-refractivity contribution >= 4 is 16.9 Å². The Hall–Kier alpha value is -1.62. The Morgan fingerprint density at radius 2 is 2.36 bits per heavy atom. The van der Waals surface area contributed by atoms with Crippen molar-refractivity contribution < 1.29 is 4.57 Å². The number of fused-ring (bicyclic) bond motifs is 1. The number of pyridine rings is 1. The number of anilines is 1. The molecule has 5 nitrogen and oxygen atoms in total. The van der Waals surface area contributed by atoms with Crippen molar-refractivity contribution in [3.8, 4) is 0 Å². The third kappa shape index (κ3) is 1.42. The average Bonchev–Trinajstić information content (AvgIpc) is 2.60. The van der Waals surface area contributed by atoms with Gasteiger partial charge in [0.25, 0.3) is 0 Å². The van der Waals surface area contributed by atoms with Gasteiger partial charge in [0.05, 0.1) is 6.54 Å². The molecule has 0 bridgehead atoms. The van der Waals surface area contributed by atoms with Crippen LogP contribution >= 0.6 is 0 Å². The Morgan fingerprint density at radius 3 is 3.14 bits per heavy atom. The molecule has 0 aliphatic rings. The fraction of sp³-hybridized carbons (Fsp3) is 0.333. The number of rotatable bonds is 3. The smallest absolute Gasteiger partial charge is 0.242 e. The van der Waals surface area contributed by atoms with Crippen LogP contribution in [0.2, 0.25) is 0 Å². The van der Waals surface area contributed by atoms with Gasteiger partial charge in [-0.15, -0.1) is 0 Å². The maximum absolute atomic E-state index is 5.72. The maximum Gasteiger partial charge on any atom is 0.242 e. The zero-order valence-electron chi connectivity index (χ0n) is 7.90. The van der Waals surface area contributed by atoms with E-state index in [-0.39, 0.29) is 0 Å². The standard InChI is InChI=1S/C9H13N5/c10-3-1-5-14-6-13-8-7(14)2-4-12-9(8)11/h2,4,6H,1,3,5,10H2,(H2,11,12)/p+1. The van der Waals surface area contributed by atoms with E-state index >= 15 is 0 Å². The maximum atomic E-state index is 5.72. The Bertz CT molecular complexity index is 434. The molecule has 0 saturated carbocycles. The van der Waals surface area contributed by atoms with E-state index in [0.29, 0.717) is 12.4 Å². The second kappa shape index (κ2) is 3.63. The van der Waals surface area contributed by atoms with Crippen LogP contribution in [0.4, 0.5) is 5.82 Å². The molecule has 2 aromatic rings. The minimum Gasteiger partial charge on any atom is -0.380 e. The van der Waals surface area contributed by atoms with E-state index < -0.39 is 0 Å². The molecule has 0 unspecified atom stereocenters. The Balaban J connectivity index is 2.42. The number of aromatic amines is 1. The minimum absolute atomic E-state index is 0.536. The number of nitrogens with zero attached hydrogens (tertiary/aromatic N) is 2. The highest BCUT2D eigenvalue weighted by molar-refractivity contribution is 5.81. The molecule has 0 atom stereocenters. The van der Waals surface area contributed by atoms with Crippen molar-refractivity contribution in [1.29, 1.82) is 0 Å². The minimum atomic E-state index is 0.536. The van der Waals surface area contributed by atoms with Crippen LogP contribution in [0.3, 0.4) is 0 Å². The molecule has 0 radical (unpaired) electrons. The van der Waals surface area contributed by atoms with Gasteiger partial charge in [-0.3, -0.25) is 0 Å². The van der Waals surface area contributed by atoms with E-state index in [1.165, 1.54) is 0 Å². The van der Waals surface area contributed by atoms with E-state index in [1.54, 1.807) is 6.20 Å². The first kappa shape index (κ1) is 8.96. The summed E-state index contributed by atoms with van der Waals surface area (Å²) in [5, 5.41) is 0. The fourth-order valence-corrected chi connectivity index (χ4v) is 1.51. The number of aromatic nitrogens is 3. The summed E-state index contributed by atoms with van der Waals surface area (Å²) in [6.07, 6.45) is 4.57. The summed E-state index contributed by atoms with van der Waals surface area (Å²) in [5.74, 6) is 0.536. The van der Waals surface area contributed by atoms with Crippen LogP contribution in [-0.4, -0.2) is 16.5 Å². The molecule has 0 spiro atoms. The number of aryl methyl sites for hydroxylation is 1. The Labute approximate surface area is 81.7 Å². The van der Waals surface area contributed by atoms with Crippen molar-refractivity contribution in [3.63, 3.8) is 0 Å². The van der Waals surface area contributed by atoms with Gasteiger partial charge in [-0.1, -0.05) is 0 Å². The third-order valence-electron chi connectivity index (χ3n) is 2.24. The lowest BCUT2D eigenvalue weighted by Crippen LogP contribution is -2.32. The Morgan fingerprint density at radius 1 is 1.50 bits per heavy atom. The molecule has 2 aromatic heterocycles. The van der Waals surface area contributed by atoms with E-state index in [2.05, 4.69) is 14.5 Å². The largest absolute Gasteiger partial charge is 0.380 e. The molecule has 2 rings (SSSR count). The molecular formula is C9H14N5+. The number of hydrogen-bond acceptors (Lipinski definition) is 3. The highest BCUT2D eigenvalue weighted by Crippen LogP contribution is 2.11. The molecule has 0 aliphatic heterocycles. The monoisotopic (exact) mass is 192 g/mol. The lowest BCUT2D eigenvalue weighted by atomic mass is 10.3. The van der Waals surface area contributed by atoms with Crippen LogP contribution < -0.4 is 16.0 Å². The molecule has 0 aromatic carbocycles. The lowest BCUT2D eigenvalue weighted by Gasteiger charge is -1.95. The van der Waals surface area contributed by atoms with E-state index in [9.17, 15) is 0 Å². The SMILES string of the molecule is NCCC[n+]1c[nH]c2c(N)nccc21. The normalized spacial score (nSPS) is 10.9. The lowest BCUT2D eigenvalue weighted by molar-refractivity contribution is -0.671. The first-order valence-electron chi connectivity index (χ1n) is 4.64. The molecular weight excluding hydrogens is 178 g/mol. The van der Waals surface area contributed by atoms with Crippen molar-refractivity contribution in [2.45, 2.75) is 13.0 Å². The van der Waals surface area contributed by atoms with E-state index in [1.807, 2.05) is 12.4 Å². The summed E-state index contributed by atoms with van der Waals surface area (Å²) in [5.41, 5.74) is 13.1. The van der Waals surface area contributed by atoms with Crippen molar-refractivity contribution in [1.82, 2.24) is 9.97 Å². The number of H-pyrrole nitrogens is 1. The van der Waals surface area contributed by atoms with Gasteiger partial charge in [0.15, 0.2) is 11.3 Å². The first-order chi connectivity index (χ1) is 6.83. The number of hydrogen-bond donors (Lipinski definition) is 3. The van der Waals surface area contributed by atoms with Crippen LogP contribution in [0.5, 0.6) is 0 Å². The van der Waals surface area contributed by atoms with Crippen LogP contribution in [-0.2, 0) is 6.54 Å². The van der Waals surface area contributed by atoms with Gasteiger partial charge < -0.3 is 11.5 Å².